The van der Waals surface area contributed by atoms with E-state index in [9.17, 15) is 4.79 Å². The fraction of sp³-hybridized carbons (Fsp3) is 0.462. The molecule has 1 aromatic carbocycles. The minimum Gasteiger partial charge on any atom is -0.368 e. The van der Waals surface area contributed by atoms with E-state index < -0.39 is 0 Å². The first kappa shape index (κ1) is 11.0. The summed E-state index contributed by atoms with van der Waals surface area (Å²) in [6, 6.07) is 6.17. The fourth-order valence-electron chi connectivity index (χ4n) is 2.31. The summed E-state index contributed by atoms with van der Waals surface area (Å²) < 4.78 is 0. The number of rotatable bonds is 2. The number of nitrogens with two attached hydrogens (primary N) is 1. The van der Waals surface area contributed by atoms with Gasteiger partial charge in [-0.15, -0.1) is 0 Å². The van der Waals surface area contributed by atoms with Crippen LogP contribution < -0.4 is 10.6 Å². The van der Waals surface area contributed by atoms with Crippen LogP contribution in [0.25, 0.3) is 0 Å². The van der Waals surface area contributed by atoms with Crippen molar-refractivity contribution in [2.45, 2.75) is 32.7 Å². The molecule has 2 N–H and O–H groups in total. The highest BCUT2D eigenvalue weighted by molar-refractivity contribution is 5.83. The normalized spacial score (nSPS) is 16.8. The number of nitrogens with zero attached hydrogens (tertiary/aromatic N) is 1. The molecule has 0 bridgehead atoms. The molecule has 1 aromatic rings. The summed E-state index contributed by atoms with van der Waals surface area (Å²) in [6.07, 6.45) is 2.19. The molecular formula is C13H18N2O. The van der Waals surface area contributed by atoms with Gasteiger partial charge in [-0.05, 0) is 38.3 Å². The quantitative estimate of drug-likeness (QED) is 0.820. The van der Waals surface area contributed by atoms with E-state index in [-0.39, 0.29) is 11.9 Å². The number of benzene rings is 1. The molecule has 86 valence electrons. The Labute approximate surface area is 96.2 Å². The van der Waals surface area contributed by atoms with E-state index in [1.54, 1.807) is 0 Å². The van der Waals surface area contributed by atoms with Crippen molar-refractivity contribution in [3.8, 4) is 0 Å². The van der Waals surface area contributed by atoms with Gasteiger partial charge in [0.1, 0.15) is 6.04 Å². The van der Waals surface area contributed by atoms with E-state index in [0.717, 1.165) is 19.4 Å². The highest BCUT2D eigenvalue weighted by Crippen LogP contribution is 2.29. The van der Waals surface area contributed by atoms with Crippen LogP contribution in [0.2, 0.25) is 0 Å². The average molecular weight is 218 g/mol. The van der Waals surface area contributed by atoms with Gasteiger partial charge in [-0.25, -0.2) is 0 Å². The van der Waals surface area contributed by atoms with Crippen LogP contribution in [0.4, 0.5) is 5.69 Å². The Morgan fingerprint density at radius 3 is 2.94 bits per heavy atom. The largest absolute Gasteiger partial charge is 0.368 e. The van der Waals surface area contributed by atoms with Crippen LogP contribution in [0.15, 0.2) is 18.2 Å². The lowest BCUT2D eigenvalue weighted by molar-refractivity contribution is -0.119. The Hall–Kier alpha value is -1.51. The van der Waals surface area contributed by atoms with E-state index in [0.29, 0.717) is 0 Å². The number of carbonyl (C=O) groups is 1. The third-order valence-corrected chi connectivity index (χ3v) is 3.27. The zero-order chi connectivity index (χ0) is 11.7. The molecule has 0 aliphatic carbocycles. The van der Waals surface area contributed by atoms with Crippen molar-refractivity contribution in [2.75, 3.05) is 11.4 Å². The lowest BCUT2D eigenvalue weighted by atomic mass is 9.98. The molecule has 0 saturated heterocycles. The lowest BCUT2D eigenvalue weighted by Crippen LogP contribution is -2.45. The number of amides is 1. The number of fused-ring (bicyclic) bond motifs is 1. The molecule has 0 fully saturated rings. The van der Waals surface area contributed by atoms with Gasteiger partial charge >= 0.3 is 0 Å². The Morgan fingerprint density at radius 2 is 2.25 bits per heavy atom. The van der Waals surface area contributed by atoms with E-state index in [2.05, 4.69) is 30.0 Å². The second-order valence-electron chi connectivity index (χ2n) is 4.51. The predicted octanol–water partition coefficient (Wildman–Crippen LogP) is 1.62. The molecule has 2 rings (SSSR count). The van der Waals surface area contributed by atoms with Crippen LogP contribution in [0, 0.1) is 6.92 Å². The van der Waals surface area contributed by atoms with Crippen molar-refractivity contribution in [2.24, 2.45) is 5.73 Å². The Kier molecular flexibility index (Phi) is 2.86. The summed E-state index contributed by atoms with van der Waals surface area (Å²) in [5.41, 5.74) is 9.15. The zero-order valence-electron chi connectivity index (χ0n) is 9.86. The number of carbonyl (C=O) groups excluding carboxylic acids is 1. The summed E-state index contributed by atoms with van der Waals surface area (Å²) in [6.45, 7) is 4.88. The molecule has 0 radical (unpaired) electrons. The molecule has 3 nitrogen and oxygen atoms in total. The summed E-state index contributed by atoms with van der Waals surface area (Å²) in [4.78, 5) is 13.4. The Morgan fingerprint density at radius 1 is 1.50 bits per heavy atom. The van der Waals surface area contributed by atoms with E-state index in [1.165, 1.54) is 16.8 Å². The van der Waals surface area contributed by atoms with Gasteiger partial charge in [0.25, 0.3) is 0 Å². The van der Waals surface area contributed by atoms with E-state index in [4.69, 9.17) is 5.73 Å². The third kappa shape index (κ3) is 1.90. The first-order chi connectivity index (χ1) is 7.59. The minimum atomic E-state index is -0.256. The number of anilines is 1. The Bertz CT molecular complexity index is 414. The van der Waals surface area contributed by atoms with Gasteiger partial charge in [-0.1, -0.05) is 17.7 Å². The second kappa shape index (κ2) is 4.16. The molecule has 1 aliphatic rings. The zero-order valence-corrected chi connectivity index (χ0v) is 9.86. The number of hydrogen-bond acceptors (Lipinski definition) is 2. The van der Waals surface area contributed by atoms with Crippen LogP contribution >= 0.6 is 0 Å². The van der Waals surface area contributed by atoms with Crippen LogP contribution in [0.5, 0.6) is 0 Å². The smallest absolute Gasteiger partial charge is 0.239 e. The summed E-state index contributed by atoms with van der Waals surface area (Å²) in [7, 11) is 0. The SMILES string of the molecule is Cc1ccc2c(c1)CCCN2[C@H](C)C(N)=O. The minimum absolute atomic E-state index is 0.221. The first-order valence-electron chi connectivity index (χ1n) is 5.75. The van der Waals surface area contributed by atoms with Gasteiger partial charge in [0.05, 0.1) is 0 Å². The topological polar surface area (TPSA) is 46.3 Å². The maximum Gasteiger partial charge on any atom is 0.239 e. The fourth-order valence-corrected chi connectivity index (χ4v) is 2.31. The molecule has 1 amide bonds. The Balaban J connectivity index is 2.36. The van der Waals surface area contributed by atoms with Gasteiger partial charge in [-0.2, -0.15) is 0 Å². The monoisotopic (exact) mass is 218 g/mol. The van der Waals surface area contributed by atoms with Crippen LogP contribution in [-0.4, -0.2) is 18.5 Å². The molecule has 1 aliphatic heterocycles. The number of aryl methyl sites for hydroxylation is 2. The molecule has 0 unspecified atom stereocenters. The average Bonchev–Trinajstić information content (AvgIpc) is 2.26. The van der Waals surface area contributed by atoms with Gasteiger partial charge in [-0.3, -0.25) is 4.79 Å². The van der Waals surface area contributed by atoms with Crippen molar-refractivity contribution >= 4 is 11.6 Å². The summed E-state index contributed by atoms with van der Waals surface area (Å²) in [5, 5.41) is 0. The first-order valence-corrected chi connectivity index (χ1v) is 5.75. The number of primary amides is 1. The molecule has 1 atom stereocenters. The predicted molar refractivity (Wildman–Crippen MR) is 65.5 cm³/mol. The molecular weight excluding hydrogens is 200 g/mol. The lowest BCUT2D eigenvalue weighted by Gasteiger charge is -2.34. The van der Waals surface area contributed by atoms with Crippen molar-refractivity contribution in [3.63, 3.8) is 0 Å². The summed E-state index contributed by atoms with van der Waals surface area (Å²) in [5.74, 6) is -0.256. The molecule has 1 heterocycles. The second-order valence-corrected chi connectivity index (χ2v) is 4.51. The molecule has 0 aromatic heterocycles. The van der Waals surface area contributed by atoms with E-state index >= 15 is 0 Å². The third-order valence-electron chi connectivity index (χ3n) is 3.27. The van der Waals surface area contributed by atoms with E-state index in [1.807, 2.05) is 6.92 Å². The molecule has 16 heavy (non-hydrogen) atoms. The van der Waals surface area contributed by atoms with Gasteiger partial charge in [0.15, 0.2) is 0 Å². The van der Waals surface area contributed by atoms with Crippen LogP contribution in [-0.2, 0) is 11.2 Å². The van der Waals surface area contributed by atoms with Gasteiger partial charge < -0.3 is 10.6 Å². The summed E-state index contributed by atoms with van der Waals surface area (Å²) >= 11 is 0. The highest BCUT2D eigenvalue weighted by atomic mass is 16.1. The van der Waals surface area contributed by atoms with Crippen LogP contribution in [0.3, 0.4) is 0 Å². The van der Waals surface area contributed by atoms with Crippen molar-refractivity contribution in [1.82, 2.24) is 0 Å². The van der Waals surface area contributed by atoms with Gasteiger partial charge in [0, 0.05) is 12.2 Å². The molecule has 0 spiro atoms. The standard InChI is InChI=1S/C13H18N2O/c1-9-5-6-12-11(8-9)4-3-7-15(12)10(2)13(14)16/h5-6,8,10H,3-4,7H2,1-2H3,(H2,14,16)/t10-/m1/s1. The van der Waals surface area contributed by atoms with Gasteiger partial charge in [0.2, 0.25) is 5.91 Å². The molecule has 3 heteroatoms. The van der Waals surface area contributed by atoms with Crippen molar-refractivity contribution in [1.29, 1.82) is 0 Å². The highest BCUT2D eigenvalue weighted by Gasteiger charge is 2.24. The maximum atomic E-state index is 11.3. The molecule has 0 saturated carbocycles. The maximum absolute atomic E-state index is 11.3. The van der Waals surface area contributed by atoms with Crippen molar-refractivity contribution in [3.05, 3.63) is 29.3 Å². The van der Waals surface area contributed by atoms with Crippen molar-refractivity contribution < 1.29 is 4.79 Å². The number of hydrogen-bond donors (Lipinski definition) is 1. The van der Waals surface area contributed by atoms with Crippen LogP contribution in [0.1, 0.15) is 24.5 Å².